The highest BCUT2D eigenvalue weighted by atomic mass is 32.1. The Morgan fingerprint density at radius 1 is 0.795 bits per heavy atom. The largest absolute Gasteiger partial charge is 0.464 e. The zero-order valence-corrected chi connectivity index (χ0v) is 42.5. The van der Waals surface area contributed by atoms with Crippen molar-refractivity contribution in [3.63, 3.8) is 0 Å². The van der Waals surface area contributed by atoms with E-state index < -0.39 is 42.7 Å². The molecule has 0 spiro atoms. The fourth-order valence-electron chi connectivity index (χ4n) is 11.7. The van der Waals surface area contributed by atoms with Crippen LogP contribution >= 0.6 is 11.3 Å². The maximum Gasteiger partial charge on any atom is 0.407 e. The molecule has 0 radical (unpaired) electrons. The Morgan fingerprint density at radius 2 is 1.42 bits per heavy atom. The van der Waals surface area contributed by atoms with Gasteiger partial charge in [-0.05, 0) is 129 Å². The number of alkyl carbamates (subject to hydrolysis) is 2. The van der Waals surface area contributed by atoms with Crippen LogP contribution in [0, 0.1) is 17.7 Å². The number of halogens is 3. The Balaban J connectivity index is 0.904. The molecule has 8 heterocycles. The number of ether oxygens (including phenoxy) is 4. The minimum Gasteiger partial charge on any atom is -0.464 e. The molecular formula is C54H60F3N7O8S. The van der Waals surface area contributed by atoms with Crippen LogP contribution in [0.2, 0.25) is 0 Å². The standard InChI is InChI=1S/C54H60F3N7O8S/c1-27(2)47(60-53(67)69-5)50(65)62-15-7-9-40(62)38-22-35(26-59-38)31-20-36(55)46-42-23-32-19-30(11-12-39(32)64(42)52(72-43(46)24-31)45-14-13-44(73-45)49(56)57)34-21-37(58-25-34)41-10-8-16-63(41)51(66)48(61-54(68)70-6)33-17-28(3)71-29(4)18-33/h11-14,19-20,23-29,33,40-41,47-49,52H,7-10,15-18,21-22H2,1-6H3,(H,60,67)(H,61,68)/t28-,29+,33?,40-,41-,47-,48?,52?/m0/s1. The van der Waals surface area contributed by atoms with E-state index >= 15 is 4.39 Å². The quantitative estimate of drug-likeness (QED) is 0.142. The zero-order valence-electron chi connectivity index (χ0n) is 41.7. The lowest BCUT2D eigenvalue weighted by Crippen LogP contribution is -2.56. The number of allylic oxidation sites excluding steroid dienone is 2. The van der Waals surface area contributed by atoms with Crippen LogP contribution in [-0.4, -0.2) is 113 Å². The molecule has 6 aliphatic rings. The summed E-state index contributed by atoms with van der Waals surface area (Å²) in [5.41, 5.74) is 6.17. The van der Waals surface area contributed by atoms with E-state index in [4.69, 9.17) is 28.9 Å². The lowest BCUT2D eigenvalue weighted by atomic mass is 9.85. The fraction of sp³-hybridized carbons (Fsp3) is 0.481. The summed E-state index contributed by atoms with van der Waals surface area (Å²) < 4.78 is 69.4. The number of methoxy groups -OCH3 is 2. The Hall–Kier alpha value is -6.47. The van der Waals surface area contributed by atoms with Gasteiger partial charge in [0.2, 0.25) is 18.0 Å². The lowest BCUT2D eigenvalue weighted by Gasteiger charge is -2.38. The SMILES string of the molecule is COC(=O)NC(C(=O)N1CCC[C@H]1C1=NC=C(c2ccc3c(c2)cc2n3C(c3ccc(C(F)F)s3)Oc3cc(C4=CN=C([C@@H]5CCCN5C(=O)[C@@H](NC(=O)OC)C(C)C)C4)cc(F)c3-2)C1)C1C[C@@H](C)O[C@@H](C)C1. The van der Waals surface area contributed by atoms with E-state index in [1.54, 1.807) is 23.2 Å². The highest BCUT2D eigenvalue weighted by molar-refractivity contribution is 7.12. The first-order valence-electron chi connectivity index (χ1n) is 25.1. The lowest BCUT2D eigenvalue weighted by molar-refractivity contribution is -0.137. The van der Waals surface area contributed by atoms with Gasteiger partial charge in [-0.1, -0.05) is 19.9 Å². The Morgan fingerprint density at radius 3 is 2.04 bits per heavy atom. The van der Waals surface area contributed by atoms with Crippen molar-refractivity contribution in [2.24, 2.45) is 21.8 Å². The third kappa shape index (κ3) is 9.65. The first-order valence-corrected chi connectivity index (χ1v) is 25.9. The van der Waals surface area contributed by atoms with Crippen molar-refractivity contribution in [3.8, 4) is 17.0 Å². The van der Waals surface area contributed by atoms with Gasteiger partial charge in [0, 0.05) is 55.1 Å². The van der Waals surface area contributed by atoms with Gasteiger partial charge in [0.05, 0.1) is 65.0 Å². The molecule has 19 heteroatoms. The van der Waals surface area contributed by atoms with Crippen molar-refractivity contribution in [3.05, 3.63) is 87.6 Å². The van der Waals surface area contributed by atoms with Crippen LogP contribution in [0.4, 0.5) is 22.8 Å². The molecule has 10 rings (SSSR count). The molecule has 386 valence electrons. The van der Waals surface area contributed by atoms with E-state index in [9.17, 15) is 28.0 Å². The second-order valence-electron chi connectivity index (χ2n) is 20.3. The number of carbonyl (C=O) groups excluding carboxylic acids is 4. The van der Waals surface area contributed by atoms with Gasteiger partial charge >= 0.3 is 12.2 Å². The van der Waals surface area contributed by atoms with Gasteiger partial charge in [0.25, 0.3) is 6.43 Å². The maximum absolute atomic E-state index is 16.9. The molecule has 6 aliphatic heterocycles. The van der Waals surface area contributed by atoms with Gasteiger partial charge in [-0.15, -0.1) is 11.3 Å². The summed E-state index contributed by atoms with van der Waals surface area (Å²) in [6.45, 7) is 8.71. The summed E-state index contributed by atoms with van der Waals surface area (Å²) in [7, 11) is 2.54. The van der Waals surface area contributed by atoms with Gasteiger partial charge in [0.1, 0.15) is 23.7 Å². The van der Waals surface area contributed by atoms with Crippen LogP contribution in [-0.2, 0) is 23.8 Å². The number of alkyl halides is 2. The Bertz CT molecular complexity index is 2970. The van der Waals surface area contributed by atoms with Gasteiger partial charge in [0.15, 0.2) is 0 Å². The highest BCUT2D eigenvalue weighted by Gasteiger charge is 2.43. The van der Waals surface area contributed by atoms with Gasteiger partial charge in [-0.3, -0.25) is 24.1 Å². The van der Waals surface area contributed by atoms with Crippen LogP contribution in [0.15, 0.2) is 70.9 Å². The smallest absolute Gasteiger partial charge is 0.407 e. The molecule has 0 aliphatic carbocycles. The summed E-state index contributed by atoms with van der Waals surface area (Å²) >= 11 is 0.942. The molecule has 8 atom stereocenters. The molecule has 4 aromatic rings. The van der Waals surface area contributed by atoms with Crippen molar-refractivity contribution in [1.29, 1.82) is 0 Å². The molecule has 2 aromatic heterocycles. The third-order valence-corrected chi connectivity index (χ3v) is 16.3. The molecule has 0 bridgehead atoms. The van der Waals surface area contributed by atoms with E-state index in [-0.39, 0.29) is 64.1 Å². The first-order chi connectivity index (χ1) is 35.1. The van der Waals surface area contributed by atoms with Crippen molar-refractivity contribution in [2.45, 2.75) is 128 Å². The third-order valence-electron chi connectivity index (χ3n) is 15.1. The van der Waals surface area contributed by atoms with Gasteiger partial charge < -0.3 is 39.4 Å². The fourth-order valence-corrected chi connectivity index (χ4v) is 12.6. The predicted octanol–water partition coefficient (Wildman–Crippen LogP) is 10.0. The number of hydrogen-bond donors (Lipinski definition) is 2. The average molecular weight is 1020 g/mol. The second-order valence-corrected chi connectivity index (χ2v) is 21.4. The summed E-state index contributed by atoms with van der Waals surface area (Å²) in [5, 5.41) is 6.31. The summed E-state index contributed by atoms with van der Waals surface area (Å²) in [5.74, 6) is -0.986. The number of benzene rings is 2. The normalized spacial score (nSPS) is 24.4. The number of nitrogens with one attached hydrogen (secondary N) is 2. The molecular weight excluding hydrogens is 964 g/mol. The van der Waals surface area contributed by atoms with E-state index in [1.807, 2.05) is 67.6 Å². The van der Waals surface area contributed by atoms with Crippen molar-refractivity contribution < 1.29 is 51.3 Å². The Labute approximate surface area is 425 Å². The Kier molecular flexibility index (Phi) is 14.0. The summed E-state index contributed by atoms with van der Waals surface area (Å²) in [6.07, 6.45) is 3.53. The number of fused-ring (bicyclic) bond motifs is 5. The average Bonchev–Trinajstić information content (AvgIpc) is 4.23. The number of rotatable bonds is 12. The molecule has 15 nitrogen and oxygen atoms in total. The molecule has 2 aromatic carbocycles. The first kappa shape index (κ1) is 50.1. The molecule has 3 saturated heterocycles. The molecule has 3 unspecified atom stereocenters. The number of nitrogens with zero attached hydrogens (tertiary/aromatic N) is 5. The van der Waals surface area contributed by atoms with E-state index in [1.165, 1.54) is 26.4 Å². The van der Waals surface area contributed by atoms with E-state index in [2.05, 4.69) is 10.6 Å². The molecule has 4 amide bonds. The number of hydrogen-bond acceptors (Lipinski definition) is 11. The van der Waals surface area contributed by atoms with E-state index in [0.717, 1.165) is 64.1 Å². The van der Waals surface area contributed by atoms with E-state index in [0.29, 0.717) is 66.8 Å². The highest BCUT2D eigenvalue weighted by Crippen LogP contribution is 2.49. The number of carbonyl (C=O) groups is 4. The van der Waals surface area contributed by atoms with Crippen LogP contribution in [0.25, 0.3) is 33.3 Å². The maximum atomic E-state index is 16.9. The number of amides is 4. The minimum absolute atomic E-state index is 0.0642. The van der Waals surface area contributed by atoms with Crippen LogP contribution in [0.1, 0.15) is 113 Å². The number of thiophene rings is 1. The molecule has 2 N–H and O–H groups in total. The van der Waals surface area contributed by atoms with Crippen LogP contribution in [0.3, 0.4) is 0 Å². The topological polar surface area (TPSA) is 165 Å². The van der Waals surface area contributed by atoms with Crippen molar-refractivity contribution >= 4 is 68.8 Å². The zero-order chi connectivity index (χ0) is 51.4. The van der Waals surface area contributed by atoms with Crippen molar-refractivity contribution in [2.75, 3.05) is 27.3 Å². The minimum atomic E-state index is -2.68. The molecule has 73 heavy (non-hydrogen) atoms. The monoisotopic (exact) mass is 1020 g/mol. The van der Waals surface area contributed by atoms with Gasteiger partial charge in [-0.25, -0.2) is 22.8 Å². The van der Waals surface area contributed by atoms with Crippen LogP contribution < -0.4 is 15.4 Å². The molecule has 3 fully saturated rings. The molecule has 0 saturated carbocycles. The summed E-state index contributed by atoms with van der Waals surface area (Å²) in [6, 6.07) is 11.9. The number of aliphatic imine (C=N–C) groups is 2. The van der Waals surface area contributed by atoms with Crippen LogP contribution in [0.5, 0.6) is 5.75 Å². The second kappa shape index (κ2) is 20.4. The number of aromatic nitrogens is 1. The van der Waals surface area contributed by atoms with Gasteiger partial charge in [-0.2, -0.15) is 0 Å². The predicted molar refractivity (Wildman–Crippen MR) is 271 cm³/mol. The number of likely N-dealkylation sites (tertiary alicyclic amines) is 2. The van der Waals surface area contributed by atoms with Crippen molar-refractivity contribution in [1.82, 2.24) is 25.0 Å². The summed E-state index contributed by atoms with van der Waals surface area (Å²) in [4.78, 5) is 66.7.